The molecule has 0 amide bonds. The van der Waals surface area contributed by atoms with E-state index in [1.807, 2.05) is 0 Å². The van der Waals surface area contributed by atoms with Crippen molar-refractivity contribution in [2.45, 2.75) is 367 Å². The van der Waals surface area contributed by atoms with Crippen molar-refractivity contribution in [3.8, 4) is 0 Å². The molecule has 474 valence electrons. The highest BCUT2D eigenvalue weighted by Crippen LogP contribution is 2.17. The van der Waals surface area contributed by atoms with Gasteiger partial charge in [0, 0.05) is 19.3 Å². The summed E-state index contributed by atoms with van der Waals surface area (Å²) in [6.45, 7) is 6.53. The van der Waals surface area contributed by atoms with Gasteiger partial charge in [-0.2, -0.15) is 0 Å². The van der Waals surface area contributed by atoms with Crippen molar-refractivity contribution >= 4 is 17.9 Å². The lowest BCUT2D eigenvalue weighted by Crippen LogP contribution is -2.30. The van der Waals surface area contributed by atoms with Crippen molar-refractivity contribution in [2.24, 2.45) is 0 Å². The van der Waals surface area contributed by atoms with Crippen molar-refractivity contribution in [1.29, 1.82) is 0 Å². The van der Waals surface area contributed by atoms with Crippen LogP contribution in [0.3, 0.4) is 0 Å². The third-order valence-corrected chi connectivity index (χ3v) is 15.6. The summed E-state index contributed by atoms with van der Waals surface area (Å²) in [5.74, 6) is -0.901. The van der Waals surface area contributed by atoms with E-state index in [-0.39, 0.29) is 31.1 Å². The van der Waals surface area contributed by atoms with Gasteiger partial charge in [0.05, 0.1) is 0 Å². The second-order valence-corrected chi connectivity index (χ2v) is 23.8. The first-order valence-corrected chi connectivity index (χ1v) is 35.6. The van der Waals surface area contributed by atoms with E-state index in [9.17, 15) is 14.4 Å². The van der Waals surface area contributed by atoms with Crippen LogP contribution in [0.2, 0.25) is 0 Å². The van der Waals surface area contributed by atoms with Crippen LogP contribution in [0.4, 0.5) is 0 Å². The van der Waals surface area contributed by atoms with Crippen LogP contribution in [0.5, 0.6) is 0 Å². The van der Waals surface area contributed by atoms with Gasteiger partial charge in [-0.05, 0) is 116 Å². The minimum absolute atomic E-state index is 0.0854. The van der Waals surface area contributed by atoms with Crippen LogP contribution in [0.15, 0.2) is 85.1 Å². The Morgan fingerprint density at radius 2 is 0.476 bits per heavy atom. The van der Waals surface area contributed by atoms with Gasteiger partial charge >= 0.3 is 17.9 Å². The molecule has 0 aliphatic carbocycles. The Morgan fingerprint density at radius 3 is 0.768 bits per heavy atom. The van der Waals surface area contributed by atoms with E-state index in [0.717, 1.165) is 109 Å². The van der Waals surface area contributed by atoms with Crippen molar-refractivity contribution < 1.29 is 28.6 Å². The lowest BCUT2D eigenvalue weighted by Gasteiger charge is -2.18. The SMILES string of the molecule is CC/C=C\C/C=C\C/C=C\C/C=C\CCCCCCC(=O)OCC(COC(=O)CCCCCCCCCCCCCCCCCCC/C=C\CCCCCCCCCC)OC(=O)CCCCCCCCC/C=C\C/C=C\CCCCCC. The maximum absolute atomic E-state index is 12.9. The molecule has 0 aromatic heterocycles. The van der Waals surface area contributed by atoms with Crippen molar-refractivity contribution in [2.75, 3.05) is 13.2 Å². The van der Waals surface area contributed by atoms with E-state index in [2.05, 4.69) is 106 Å². The Hall–Kier alpha value is -3.41. The van der Waals surface area contributed by atoms with Gasteiger partial charge in [-0.1, -0.05) is 311 Å². The number of esters is 3. The zero-order valence-electron chi connectivity index (χ0n) is 54.5. The van der Waals surface area contributed by atoms with Crippen LogP contribution in [-0.4, -0.2) is 37.2 Å². The second-order valence-electron chi connectivity index (χ2n) is 23.8. The molecular weight excluding hydrogens is 1010 g/mol. The van der Waals surface area contributed by atoms with E-state index < -0.39 is 6.10 Å². The predicted molar refractivity (Wildman–Crippen MR) is 358 cm³/mol. The maximum Gasteiger partial charge on any atom is 0.306 e. The second kappa shape index (κ2) is 70.1. The summed E-state index contributed by atoms with van der Waals surface area (Å²) in [4.78, 5) is 38.4. The minimum Gasteiger partial charge on any atom is -0.462 e. The number of carbonyl (C=O) groups excluding carboxylic acids is 3. The third kappa shape index (κ3) is 67.4. The van der Waals surface area contributed by atoms with Crippen LogP contribution in [-0.2, 0) is 28.6 Å². The van der Waals surface area contributed by atoms with Crippen LogP contribution in [0.25, 0.3) is 0 Å². The number of unbranched alkanes of at least 4 members (excludes halogenated alkanes) is 40. The van der Waals surface area contributed by atoms with Gasteiger partial charge in [0.1, 0.15) is 13.2 Å². The highest BCUT2D eigenvalue weighted by Gasteiger charge is 2.19. The largest absolute Gasteiger partial charge is 0.462 e. The monoisotopic (exact) mass is 1140 g/mol. The average Bonchev–Trinajstić information content (AvgIpc) is 3.47. The first-order valence-electron chi connectivity index (χ1n) is 35.6. The zero-order chi connectivity index (χ0) is 59.2. The molecule has 0 heterocycles. The predicted octanol–water partition coefficient (Wildman–Crippen LogP) is 24.6. The standard InChI is InChI=1S/C76H134O6/c1-4-7-10-13-16-19-22-25-28-31-33-34-35-36-37-38-39-40-41-42-43-46-48-51-54-57-60-63-66-69-75(78)81-72-73(71-80-74(77)68-65-62-59-56-53-50-47-44-30-27-24-21-18-15-12-9-6-3)82-76(79)70-67-64-61-58-55-52-49-45-32-29-26-23-20-17-14-11-8-5-2/h9,12,18,20-21,23,27,29-33,47,50,73H,4-8,10-11,13-17,19,22,24-26,28,34-46,48-49,51-72H2,1-3H3/b12-9-,21-18-,23-20-,30-27-,32-29-,33-31-,50-47-. The smallest absolute Gasteiger partial charge is 0.306 e. The van der Waals surface area contributed by atoms with E-state index in [1.165, 1.54) is 212 Å². The summed E-state index contributed by atoms with van der Waals surface area (Å²) in [6, 6.07) is 0. The van der Waals surface area contributed by atoms with E-state index in [1.54, 1.807) is 0 Å². The molecule has 0 aromatic rings. The number of ether oxygens (including phenoxy) is 3. The molecular formula is C76H134O6. The van der Waals surface area contributed by atoms with Gasteiger partial charge in [-0.15, -0.1) is 0 Å². The molecule has 0 N–H and O–H groups in total. The van der Waals surface area contributed by atoms with Crippen LogP contribution in [0, 0.1) is 0 Å². The fraction of sp³-hybridized carbons (Fsp3) is 0.776. The molecule has 0 bridgehead atoms. The quantitative estimate of drug-likeness (QED) is 0.0261. The summed E-state index contributed by atoms with van der Waals surface area (Å²) in [6.07, 6.45) is 93.3. The van der Waals surface area contributed by atoms with Gasteiger partial charge in [0.2, 0.25) is 0 Å². The van der Waals surface area contributed by atoms with E-state index in [4.69, 9.17) is 14.2 Å². The first-order chi connectivity index (χ1) is 40.5. The van der Waals surface area contributed by atoms with E-state index in [0.29, 0.717) is 19.3 Å². The van der Waals surface area contributed by atoms with Crippen LogP contribution in [0.1, 0.15) is 361 Å². The third-order valence-electron chi connectivity index (χ3n) is 15.6. The molecule has 6 heteroatoms. The molecule has 6 nitrogen and oxygen atoms in total. The first kappa shape index (κ1) is 78.6. The molecule has 0 aliphatic heterocycles. The zero-order valence-corrected chi connectivity index (χ0v) is 54.5. The fourth-order valence-electron chi connectivity index (χ4n) is 10.3. The lowest BCUT2D eigenvalue weighted by molar-refractivity contribution is -0.167. The highest BCUT2D eigenvalue weighted by atomic mass is 16.6. The van der Waals surface area contributed by atoms with Gasteiger partial charge in [-0.3, -0.25) is 14.4 Å². The number of allylic oxidation sites excluding steroid dienone is 14. The highest BCUT2D eigenvalue weighted by molar-refractivity contribution is 5.71. The molecule has 1 atom stereocenters. The maximum atomic E-state index is 12.9. The number of hydrogen-bond donors (Lipinski definition) is 0. The minimum atomic E-state index is -0.793. The van der Waals surface area contributed by atoms with Crippen LogP contribution < -0.4 is 0 Å². The van der Waals surface area contributed by atoms with Crippen molar-refractivity contribution in [1.82, 2.24) is 0 Å². The van der Waals surface area contributed by atoms with E-state index >= 15 is 0 Å². The normalized spacial score (nSPS) is 12.6. The molecule has 0 aromatic carbocycles. The van der Waals surface area contributed by atoms with Crippen molar-refractivity contribution in [3.05, 3.63) is 85.1 Å². The van der Waals surface area contributed by atoms with Crippen LogP contribution >= 0.6 is 0 Å². The van der Waals surface area contributed by atoms with Crippen molar-refractivity contribution in [3.63, 3.8) is 0 Å². The fourth-order valence-corrected chi connectivity index (χ4v) is 10.3. The number of rotatable bonds is 65. The summed E-state index contributed by atoms with van der Waals surface area (Å²) in [5.41, 5.74) is 0. The Labute approximate surface area is 509 Å². The molecule has 0 spiro atoms. The summed E-state index contributed by atoms with van der Waals surface area (Å²) in [5, 5.41) is 0. The molecule has 0 fully saturated rings. The van der Waals surface area contributed by atoms with Gasteiger partial charge in [0.15, 0.2) is 6.10 Å². The summed E-state index contributed by atoms with van der Waals surface area (Å²) < 4.78 is 17.0. The molecule has 0 rings (SSSR count). The molecule has 0 saturated carbocycles. The summed E-state index contributed by atoms with van der Waals surface area (Å²) in [7, 11) is 0. The van der Waals surface area contributed by atoms with Gasteiger partial charge in [-0.25, -0.2) is 0 Å². The Morgan fingerprint density at radius 1 is 0.256 bits per heavy atom. The Kier molecular flexibility index (Phi) is 67.2. The molecule has 0 saturated heterocycles. The topological polar surface area (TPSA) is 78.9 Å². The molecule has 0 aliphatic rings. The Bertz CT molecular complexity index is 1550. The number of hydrogen-bond acceptors (Lipinski definition) is 6. The molecule has 82 heavy (non-hydrogen) atoms. The molecule has 1 unspecified atom stereocenters. The van der Waals surface area contributed by atoms with Gasteiger partial charge < -0.3 is 14.2 Å². The number of carbonyl (C=O) groups is 3. The summed E-state index contributed by atoms with van der Waals surface area (Å²) >= 11 is 0. The lowest BCUT2D eigenvalue weighted by atomic mass is 10.0. The molecule has 0 radical (unpaired) electrons. The van der Waals surface area contributed by atoms with Gasteiger partial charge in [0.25, 0.3) is 0 Å². The average molecular weight is 1140 g/mol. The Balaban J connectivity index is 4.29.